The van der Waals surface area contributed by atoms with Crippen molar-refractivity contribution in [3.8, 4) is 11.3 Å². The maximum absolute atomic E-state index is 4.66. The highest BCUT2D eigenvalue weighted by molar-refractivity contribution is 5.59. The molecular weight excluding hydrogens is 270 g/mol. The maximum Gasteiger partial charge on any atom is 0.115 e. The van der Waals surface area contributed by atoms with Crippen molar-refractivity contribution >= 4 is 0 Å². The second-order valence-corrected chi connectivity index (χ2v) is 5.83. The van der Waals surface area contributed by atoms with Gasteiger partial charge in [0, 0.05) is 30.1 Å². The molecule has 1 saturated carbocycles. The van der Waals surface area contributed by atoms with Gasteiger partial charge in [-0.15, -0.1) is 0 Å². The Morgan fingerprint density at radius 2 is 1.59 bits per heavy atom. The zero-order valence-corrected chi connectivity index (χ0v) is 12.3. The molecule has 0 aliphatic heterocycles. The fourth-order valence-corrected chi connectivity index (χ4v) is 3.01. The van der Waals surface area contributed by atoms with Crippen molar-refractivity contribution in [2.45, 2.75) is 18.8 Å². The minimum Gasteiger partial charge on any atom is -0.256 e. The zero-order valence-electron chi connectivity index (χ0n) is 12.3. The molecule has 1 aliphatic carbocycles. The fraction of sp³-hybridized carbons (Fsp3) is 0.211. The predicted molar refractivity (Wildman–Crippen MR) is 86.3 cm³/mol. The van der Waals surface area contributed by atoms with Gasteiger partial charge in [-0.2, -0.15) is 0 Å². The minimum atomic E-state index is 0.374. The van der Waals surface area contributed by atoms with E-state index in [0.717, 1.165) is 11.3 Å². The normalized spacial score (nSPS) is 15.5. The van der Waals surface area contributed by atoms with Crippen LogP contribution in [0.25, 0.3) is 11.3 Å². The summed E-state index contributed by atoms with van der Waals surface area (Å²) in [6.45, 7) is 0. The van der Waals surface area contributed by atoms with Gasteiger partial charge in [-0.25, -0.2) is 9.97 Å². The van der Waals surface area contributed by atoms with E-state index >= 15 is 0 Å². The second kappa shape index (κ2) is 5.68. The molecule has 0 amide bonds. The van der Waals surface area contributed by atoms with Gasteiger partial charge in [0.15, 0.2) is 0 Å². The first-order valence-electron chi connectivity index (χ1n) is 7.68. The van der Waals surface area contributed by atoms with E-state index in [9.17, 15) is 0 Å². The lowest BCUT2D eigenvalue weighted by Gasteiger charge is -2.16. The van der Waals surface area contributed by atoms with Crippen LogP contribution in [0.4, 0.5) is 0 Å². The van der Waals surface area contributed by atoms with E-state index in [0.29, 0.717) is 11.8 Å². The van der Waals surface area contributed by atoms with E-state index in [-0.39, 0.29) is 0 Å². The maximum atomic E-state index is 4.66. The molecule has 1 aliphatic rings. The first-order valence-corrected chi connectivity index (χ1v) is 7.68. The Morgan fingerprint density at radius 3 is 2.23 bits per heavy atom. The van der Waals surface area contributed by atoms with Crippen LogP contribution >= 0.6 is 0 Å². The van der Waals surface area contributed by atoms with Gasteiger partial charge in [-0.3, -0.25) is 4.98 Å². The van der Waals surface area contributed by atoms with Gasteiger partial charge in [0.05, 0.1) is 5.69 Å². The molecule has 3 heteroatoms. The summed E-state index contributed by atoms with van der Waals surface area (Å²) in [5.41, 5.74) is 4.62. The first-order chi connectivity index (χ1) is 10.9. The van der Waals surface area contributed by atoms with Crippen LogP contribution in [0.1, 0.15) is 29.9 Å². The summed E-state index contributed by atoms with van der Waals surface area (Å²) in [4.78, 5) is 13.0. The van der Waals surface area contributed by atoms with Crippen molar-refractivity contribution in [1.29, 1.82) is 0 Å². The molecule has 0 N–H and O–H groups in total. The molecule has 0 radical (unpaired) electrons. The number of hydrogen-bond acceptors (Lipinski definition) is 3. The topological polar surface area (TPSA) is 38.7 Å². The molecule has 4 rings (SSSR count). The number of hydrogen-bond donors (Lipinski definition) is 0. The minimum absolute atomic E-state index is 0.374. The van der Waals surface area contributed by atoms with Crippen molar-refractivity contribution in [1.82, 2.24) is 15.0 Å². The van der Waals surface area contributed by atoms with Crippen LogP contribution in [-0.4, -0.2) is 15.0 Å². The standard InChI is InChI=1S/C19H17N3/c1-2-4-14(5-3-1)18-9-8-16(12-22-18)19(15-6-7-15)17-10-20-13-21-11-17/h1-5,8-13,15,19H,6-7H2. The lowest BCUT2D eigenvalue weighted by Crippen LogP contribution is -2.05. The van der Waals surface area contributed by atoms with E-state index in [1.165, 1.54) is 24.0 Å². The summed E-state index contributed by atoms with van der Waals surface area (Å²) in [7, 11) is 0. The molecule has 2 aromatic heterocycles. The van der Waals surface area contributed by atoms with Crippen LogP contribution in [-0.2, 0) is 0 Å². The van der Waals surface area contributed by atoms with Crippen molar-refractivity contribution in [2.75, 3.05) is 0 Å². The van der Waals surface area contributed by atoms with Crippen molar-refractivity contribution in [2.24, 2.45) is 5.92 Å². The molecule has 2 heterocycles. The molecule has 22 heavy (non-hydrogen) atoms. The molecule has 1 fully saturated rings. The summed E-state index contributed by atoms with van der Waals surface area (Å²) < 4.78 is 0. The SMILES string of the molecule is c1ccc(-c2ccc(C(c3cncnc3)C3CC3)cn2)cc1. The van der Waals surface area contributed by atoms with Crippen LogP contribution in [0.3, 0.4) is 0 Å². The van der Waals surface area contributed by atoms with Gasteiger partial charge in [0.1, 0.15) is 6.33 Å². The van der Waals surface area contributed by atoms with Crippen LogP contribution in [0.5, 0.6) is 0 Å². The quantitative estimate of drug-likeness (QED) is 0.725. The van der Waals surface area contributed by atoms with E-state index in [4.69, 9.17) is 0 Å². The zero-order chi connectivity index (χ0) is 14.8. The summed E-state index contributed by atoms with van der Waals surface area (Å²) in [6.07, 6.45) is 10.0. The highest BCUT2D eigenvalue weighted by Gasteiger charge is 2.33. The van der Waals surface area contributed by atoms with Crippen LogP contribution < -0.4 is 0 Å². The molecule has 1 aromatic carbocycles. The molecule has 3 aromatic rings. The molecule has 108 valence electrons. The molecule has 3 nitrogen and oxygen atoms in total. The Bertz CT molecular complexity index is 735. The Hall–Kier alpha value is -2.55. The summed E-state index contributed by atoms with van der Waals surface area (Å²) in [6, 6.07) is 14.6. The van der Waals surface area contributed by atoms with Crippen molar-refractivity contribution < 1.29 is 0 Å². The third kappa shape index (κ3) is 2.62. The van der Waals surface area contributed by atoms with Gasteiger partial charge in [-0.05, 0) is 36.0 Å². The summed E-state index contributed by atoms with van der Waals surface area (Å²) >= 11 is 0. The Morgan fingerprint density at radius 1 is 0.818 bits per heavy atom. The Kier molecular flexibility index (Phi) is 3.39. The number of aromatic nitrogens is 3. The van der Waals surface area contributed by atoms with Gasteiger partial charge < -0.3 is 0 Å². The van der Waals surface area contributed by atoms with Gasteiger partial charge in [-0.1, -0.05) is 36.4 Å². The van der Waals surface area contributed by atoms with E-state index in [2.05, 4.69) is 39.2 Å². The number of rotatable bonds is 4. The van der Waals surface area contributed by atoms with Gasteiger partial charge in [0.2, 0.25) is 0 Å². The fourth-order valence-electron chi connectivity index (χ4n) is 3.01. The van der Waals surface area contributed by atoms with Crippen molar-refractivity contribution in [3.63, 3.8) is 0 Å². The summed E-state index contributed by atoms with van der Waals surface area (Å²) in [5, 5.41) is 0. The van der Waals surface area contributed by atoms with Gasteiger partial charge >= 0.3 is 0 Å². The largest absolute Gasteiger partial charge is 0.256 e. The molecule has 0 bridgehead atoms. The number of benzene rings is 1. The molecular formula is C19H17N3. The van der Waals surface area contributed by atoms with Crippen molar-refractivity contribution in [3.05, 3.63) is 78.5 Å². The molecule has 0 saturated heterocycles. The monoisotopic (exact) mass is 287 g/mol. The Labute approximate surface area is 130 Å². The van der Waals surface area contributed by atoms with E-state index < -0.39 is 0 Å². The lowest BCUT2D eigenvalue weighted by atomic mass is 9.89. The molecule has 1 atom stereocenters. The van der Waals surface area contributed by atoms with Crippen LogP contribution in [0, 0.1) is 5.92 Å². The lowest BCUT2D eigenvalue weighted by molar-refractivity contribution is 0.693. The number of nitrogens with zero attached hydrogens (tertiary/aromatic N) is 3. The molecule has 1 unspecified atom stereocenters. The third-order valence-electron chi connectivity index (χ3n) is 4.25. The van der Waals surface area contributed by atoms with E-state index in [1.807, 2.05) is 36.8 Å². The first kappa shape index (κ1) is 13.1. The average molecular weight is 287 g/mol. The second-order valence-electron chi connectivity index (χ2n) is 5.83. The highest BCUT2D eigenvalue weighted by atomic mass is 14.8. The highest BCUT2D eigenvalue weighted by Crippen LogP contribution is 2.45. The third-order valence-corrected chi connectivity index (χ3v) is 4.25. The van der Waals surface area contributed by atoms with Crippen LogP contribution in [0.15, 0.2) is 67.4 Å². The average Bonchev–Trinajstić information content (AvgIpc) is 3.43. The smallest absolute Gasteiger partial charge is 0.115 e. The number of pyridine rings is 1. The van der Waals surface area contributed by atoms with Crippen LogP contribution in [0.2, 0.25) is 0 Å². The summed E-state index contributed by atoms with van der Waals surface area (Å²) in [5.74, 6) is 1.08. The Balaban J connectivity index is 1.67. The van der Waals surface area contributed by atoms with E-state index in [1.54, 1.807) is 6.33 Å². The predicted octanol–water partition coefficient (Wildman–Crippen LogP) is 4.08. The molecule has 0 spiro atoms. The van der Waals surface area contributed by atoms with Gasteiger partial charge in [0.25, 0.3) is 0 Å².